The average molecular weight is 289 g/mol. The predicted molar refractivity (Wildman–Crippen MR) is 73.0 cm³/mol. The fourth-order valence-electron chi connectivity index (χ4n) is 2.00. The molecule has 0 aliphatic heterocycles. The lowest BCUT2D eigenvalue weighted by molar-refractivity contribution is 0.357. The summed E-state index contributed by atoms with van der Waals surface area (Å²) in [5.74, 6) is 0.471. The molecule has 100 valence electrons. The summed E-state index contributed by atoms with van der Waals surface area (Å²) >= 11 is 5.78. The Bertz CT molecular complexity index is 555. The van der Waals surface area contributed by atoms with Crippen LogP contribution < -0.4 is 5.73 Å². The van der Waals surface area contributed by atoms with Crippen LogP contribution in [0.1, 0.15) is 19.8 Å². The summed E-state index contributed by atoms with van der Waals surface area (Å²) in [5, 5.41) is 0.435. The zero-order chi connectivity index (χ0) is 13.5. The molecule has 4 nitrogen and oxygen atoms in total. The third-order valence-electron chi connectivity index (χ3n) is 3.51. The van der Waals surface area contributed by atoms with Crippen molar-refractivity contribution in [1.82, 2.24) is 4.31 Å². The highest BCUT2D eigenvalue weighted by atomic mass is 35.5. The van der Waals surface area contributed by atoms with Crippen molar-refractivity contribution in [2.24, 2.45) is 5.92 Å². The van der Waals surface area contributed by atoms with E-state index in [2.05, 4.69) is 0 Å². The zero-order valence-electron chi connectivity index (χ0n) is 10.4. The Hall–Kier alpha value is -0.780. The number of hydrogen-bond acceptors (Lipinski definition) is 3. The molecule has 6 heteroatoms. The van der Waals surface area contributed by atoms with Crippen molar-refractivity contribution in [2.75, 3.05) is 12.8 Å². The molecule has 0 saturated heterocycles. The maximum atomic E-state index is 12.4. The smallest absolute Gasteiger partial charge is 0.245 e. The summed E-state index contributed by atoms with van der Waals surface area (Å²) in [6, 6.07) is 4.47. The first kappa shape index (κ1) is 13.6. The van der Waals surface area contributed by atoms with Gasteiger partial charge in [-0.15, -0.1) is 0 Å². The van der Waals surface area contributed by atoms with Crippen LogP contribution in [0.4, 0.5) is 5.69 Å². The molecule has 0 bridgehead atoms. The minimum Gasteiger partial charge on any atom is -0.398 e. The number of nitrogens with zero attached hydrogens (tertiary/aromatic N) is 1. The Morgan fingerprint density at radius 1 is 1.44 bits per heavy atom. The predicted octanol–water partition coefficient (Wildman–Crippen LogP) is 2.34. The fourth-order valence-corrected chi connectivity index (χ4v) is 3.70. The van der Waals surface area contributed by atoms with E-state index in [4.69, 9.17) is 17.3 Å². The first-order valence-corrected chi connectivity index (χ1v) is 7.69. The molecule has 1 aliphatic carbocycles. The molecule has 18 heavy (non-hydrogen) atoms. The molecule has 1 aliphatic rings. The minimum atomic E-state index is -3.54. The molecule has 1 aromatic rings. The van der Waals surface area contributed by atoms with Crippen LogP contribution in [-0.4, -0.2) is 25.8 Å². The summed E-state index contributed by atoms with van der Waals surface area (Å²) < 4.78 is 26.3. The van der Waals surface area contributed by atoms with E-state index in [1.807, 2.05) is 6.92 Å². The van der Waals surface area contributed by atoms with Gasteiger partial charge in [0.25, 0.3) is 0 Å². The third kappa shape index (κ3) is 2.48. The van der Waals surface area contributed by atoms with Gasteiger partial charge >= 0.3 is 0 Å². The molecule has 0 radical (unpaired) electrons. The fraction of sp³-hybridized carbons (Fsp3) is 0.500. The second-order valence-corrected chi connectivity index (χ2v) is 7.18. The van der Waals surface area contributed by atoms with E-state index >= 15 is 0 Å². The molecule has 0 aromatic heterocycles. The van der Waals surface area contributed by atoms with E-state index in [-0.39, 0.29) is 16.6 Å². The van der Waals surface area contributed by atoms with Crippen LogP contribution in [0.2, 0.25) is 5.02 Å². The molecular weight excluding hydrogens is 272 g/mol. The number of nitrogen functional groups attached to an aromatic ring is 1. The first-order valence-electron chi connectivity index (χ1n) is 5.87. The van der Waals surface area contributed by atoms with Gasteiger partial charge in [-0.1, -0.05) is 11.6 Å². The summed E-state index contributed by atoms with van der Waals surface area (Å²) in [5.41, 5.74) is 5.94. The number of hydrogen-bond donors (Lipinski definition) is 1. The highest BCUT2D eigenvalue weighted by molar-refractivity contribution is 7.89. The van der Waals surface area contributed by atoms with Crippen molar-refractivity contribution >= 4 is 27.3 Å². The monoisotopic (exact) mass is 288 g/mol. The van der Waals surface area contributed by atoms with Gasteiger partial charge in [0.05, 0.1) is 5.69 Å². The van der Waals surface area contributed by atoms with E-state index < -0.39 is 10.0 Å². The lowest BCUT2D eigenvalue weighted by atomic mass is 10.2. The minimum absolute atomic E-state index is 0.00470. The van der Waals surface area contributed by atoms with E-state index in [0.717, 1.165) is 12.8 Å². The summed E-state index contributed by atoms with van der Waals surface area (Å²) in [6.45, 7) is 1.93. The topological polar surface area (TPSA) is 63.4 Å². The van der Waals surface area contributed by atoms with Gasteiger partial charge in [0, 0.05) is 18.1 Å². The van der Waals surface area contributed by atoms with E-state index in [1.54, 1.807) is 13.1 Å². The van der Waals surface area contributed by atoms with Gasteiger partial charge < -0.3 is 5.73 Å². The second kappa shape index (κ2) is 4.72. The Balaban J connectivity index is 2.34. The lowest BCUT2D eigenvalue weighted by Gasteiger charge is -2.24. The molecule has 1 atom stereocenters. The van der Waals surface area contributed by atoms with Crippen molar-refractivity contribution in [3.8, 4) is 0 Å². The van der Waals surface area contributed by atoms with Crippen molar-refractivity contribution in [3.63, 3.8) is 0 Å². The van der Waals surface area contributed by atoms with Crippen molar-refractivity contribution in [2.45, 2.75) is 30.7 Å². The van der Waals surface area contributed by atoms with Crippen LogP contribution in [0.3, 0.4) is 0 Å². The van der Waals surface area contributed by atoms with Crippen LogP contribution in [0, 0.1) is 5.92 Å². The maximum Gasteiger partial charge on any atom is 0.245 e. The number of sulfonamides is 1. The second-order valence-electron chi connectivity index (χ2n) is 4.78. The summed E-state index contributed by atoms with van der Waals surface area (Å²) in [6.07, 6.45) is 2.19. The summed E-state index contributed by atoms with van der Waals surface area (Å²) in [7, 11) is -1.94. The van der Waals surface area contributed by atoms with Gasteiger partial charge in [-0.3, -0.25) is 0 Å². The number of halogens is 1. The number of nitrogens with two attached hydrogens (primary N) is 1. The Labute approximate surface area is 113 Å². The maximum absolute atomic E-state index is 12.4. The summed E-state index contributed by atoms with van der Waals surface area (Å²) in [4.78, 5) is 0.127. The highest BCUT2D eigenvalue weighted by Crippen LogP contribution is 2.37. The number of anilines is 1. The van der Waals surface area contributed by atoms with Gasteiger partial charge in [0.2, 0.25) is 10.0 Å². The molecule has 0 spiro atoms. The third-order valence-corrected chi connectivity index (χ3v) is 5.76. The number of rotatable bonds is 4. The van der Waals surface area contributed by atoms with E-state index in [1.165, 1.54) is 16.4 Å². The lowest BCUT2D eigenvalue weighted by Crippen LogP contribution is -2.36. The average Bonchev–Trinajstić information content (AvgIpc) is 3.10. The largest absolute Gasteiger partial charge is 0.398 e. The molecule has 0 heterocycles. The first-order chi connectivity index (χ1) is 8.34. The van der Waals surface area contributed by atoms with Crippen LogP contribution in [-0.2, 0) is 10.0 Å². The van der Waals surface area contributed by atoms with E-state index in [0.29, 0.717) is 10.9 Å². The van der Waals surface area contributed by atoms with Crippen molar-refractivity contribution in [3.05, 3.63) is 23.2 Å². The molecule has 0 amide bonds. The molecular formula is C12H17ClN2O2S. The molecule has 2 N–H and O–H groups in total. The van der Waals surface area contributed by atoms with Crippen LogP contribution in [0.15, 0.2) is 23.1 Å². The quantitative estimate of drug-likeness (QED) is 0.865. The Morgan fingerprint density at radius 2 is 2.06 bits per heavy atom. The van der Waals surface area contributed by atoms with Gasteiger partial charge in [-0.2, -0.15) is 4.31 Å². The SMILES string of the molecule is CC(C1CC1)N(C)S(=O)(=O)c1ccc(Cl)cc1N. The van der Waals surface area contributed by atoms with Gasteiger partial charge in [0.1, 0.15) is 4.90 Å². The van der Waals surface area contributed by atoms with Crippen LogP contribution in [0.25, 0.3) is 0 Å². The molecule has 1 aromatic carbocycles. The van der Waals surface area contributed by atoms with Crippen LogP contribution in [0.5, 0.6) is 0 Å². The van der Waals surface area contributed by atoms with Gasteiger partial charge in [-0.05, 0) is 43.9 Å². The molecule has 1 fully saturated rings. The van der Waals surface area contributed by atoms with Crippen molar-refractivity contribution < 1.29 is 8.42 Å². The molecule has 1 unspecified atom stereocenters. The highest BCUT2D eigenvalue weighted by Gasteiger charge is 2.36. The van der Waals surface area contributed by atoms with Crippen molar-refractivity contribution in [1.29, 1.82) is 0 Å². The normalized spacial score (nSPS) is 18.0. The molecule has 1 saturated carbocycles. The van der Waals surface area contributed by atoms with Gasteiger partial charge in [-0.25, -0.2) is 8.42 Å². The van der Waals surface area contributed by atoms with Crippen LogP contribution >= 0.6 is 11.6 Å². The number of benzene rings is 1. The van der Waals surface area contributed by atoms with E-state index in [9.17, 15) is 8.42 Å². The Kier molecular flexibility index (Phi) is 3.58. The molecule has 2 rings (SSSR count). The Morgan fingerprint density at radius 3 is 2.56 bits per heavy atom. The standard InChI is InChI=1S/C12H17ClN2O2S/c1-8(9-3-4-9)15(2)18(16,17)12-6-5-10(13)7-11(12)14/h5-9H,3-4,14H2,1-2H3. The van der Waals surface area contributed by atoms with Gasteiger partial charge in [0.15, 0.2) is 0 Å². The zero-order valence-corrected chi connectivity index (χ0v) is 12.0.